The van der Waals surface area contributed by atoms with E-state index in [1.165, 1.54) is 0 Å². The second kappa shape index (κ2) is 9.56. The lowest BCUT2D eigenvalue weighted by Crippen LogP contribution is -1.96. The van der Waals surface area contributed by atoms with E-state index < -0.39 is 0 Å². The second-order valence-electron chi connectivity index (χ2n) is 1.14. The Morgan fingerprint density at radius 1 is 0.667 bits per heavy atom. The molecule has 0 atom stereocenters. The topological polar surface area (TPSA) is 55.4 Å². The van der Waals surface area contributed by atoms with Gasteiger partial charge in [0.25, 0.3) is 0 Å². The summed E-state index contributed by atoms with van der Waals surface area (Å²) in [5, 5.41) is 15.1. The molecule has 0 spiro atoms. The average Bonchev–Trinajstić information content (AvgIpc) is 2.10. The Kier molecular flexibility index (Phi) is 8.41. The van der Waals surface area contributed by atoms with Crippen molar-refractivity contribution in [2.24, 2.45) is 0 Å². The van der Waals surface area contributed by atoms with Gasteiger partial charge >= 0.3 is 0 Å². The van der Waals surface area contributed by atoms with E-state index in [1.54, 1.807) is 13.8 Å². The summed E-state index contributed by atoms with van der Waals surface area (Å²) in [5.74, 6) is 4.70. The van der Waals surface area contributed by atoms with Crippen molar-refractivity contribution in [3.05, 3.63) is 0 Å². The molecule has 0 heterocycles. The highest BCUT2D eigenvalue weighted by Crippen LogP contribution is 1.84. The van der Waals surface area contributed by atoms with Gasteiger partial charge in [-0.2, -0.15) is 0 Å². The first kappa shape index (κ1) is 10.6. The Morgan fingerprint density at radius 2 is 1.08 bits per heavy atom. The fourth-order valence-electron chi connectivity index (χ4n) is 0.168. The monoisotopic (exact) mass is 174 g/mol. The van der Waals surface area contributed by atoms with Crippen LogP contribution in [0.15, 0.2) is 0 Å². The Morgan fingerprint density at radius 3 is 1.42 bits per heavy atom. The molecule has 6 heteroatoms. The van der Waals surface area contributed by atoms with Gasteiger partial charge in [-0.3, -0.25) is 9.78 Å². The van der Waals surface area contributed by atoms with E-state index in [2.05, 4.69) is 41.8 Å². The van der Waals surface area contributed by atoms with Gasteiger partial charge in [0, 0.05) is 34.0 Å². The minimum Gasteiger partial charge on any atom is -0.250 e. The Hall–Kier alpha value is -1.44. The zero-order valence-electron chi connectivity index (χ0n) is 6.45. The van der Waals surface area contributed by atoms with E-state index >= 15 is 0 Å². The third-order valence-electron chi connectivity index (χ3n) is 0.439. The van der Waals surface area contributed by atoms with Crippen LogP contribution in [0.5, 0.6) is 0 Å². The maximum absolute atomic E-state index is 4.01. The van der Waals surface area contributed by atoms with Crippen molar-refractivity contribution in [2.45, 2.75) is 13.8 Å². The molecule has 66 valence electrons. The molecule has 0 aliphatic heterocycles. The maximum Gasteiger partial charge on any atom is 0.160 e. The van der Waals surface area contributed by atoms with Crippen LogP contribution in [0.25, 0.3) is 0 Å². The van der Waals surface area contributed by atoms with Crippen LogP contribution in [0.2, 0.25) is 0 Å². The molecular formula is C6H6O6. The van der Waals surface area contributed by atoms with Crippen LogP contribution < -0.4 is 0 Å². The lowest BCUT2D eigenvalue weighted by Gasteiger charge is -1.92. The summed E-state index contributed by atoms with van der Waals surface area (Å²) in [6.45, 7) is 3.08. The van der Waals surface area contributed by atoms with Crippen LogP contribution in [-0.4, -0.2) is 0 Å². The van der Waals surface area contributed by atoms with Gasteiger partial charge in [0.05, 0.1) is 0 Å². The van der Waals surface area contributed by atoms with Gasteiger partial charge in [-0.15, -0.1) is 0 Å². The summed E-state index contributed by atoms with van der Waals surface area (Å²) in [4.78, 5) is 8.02. The Balaban J connectivity index is 2.97. The predicted octanol–water partition coefficient (Wildman–Crippen LogP) is 0.623. The van der Waals surface area contributed by atoms with E-state index in [0.717, 1.165) is 0 Å². The fourth-order valence-corrected chi connectivity index (χ4v) is 0.168. The number of rotatable bonds is 5. The molecular weight excluding hydrogens is 168 g/mol. The third kappa shape index (κ3) is 8.56. The first-order valence-corrected chi connectivity index (χ1v) is 2.74. The lowest BCUT2D eigenvalue weighted by molar-refractivity contribution is -0.743. The SMILES string of the molecule is CC#COOOOOOC#CC. The van der Waals surface area contributed by atoms with Gasteiger partial charge in [-0.1, -0.05) is 11.8 Å². The summed E-state index contributed by atoms with van der Waals surface area (Å²) in [5.41, 5.74) is 0. The summed E-state index contributed by atoms with van der Waals surface area (Å²) in [6, 6.07) is 0. The molecule has 0 saturated carbocycles. The van der Waals surface area contributed by atoms with E-state index in [4.69, 9.17) is 0 Å². The summed E-state index contributed by atoms with van der Waals surface area (Å²) in [7, 11) is 0. The summed E-state index contributed by atoms with van der Waals surface area (Å²) < 4.78 is 0. The minimum absolute atomic E-state index is 1.54. The average molecular weight is 174 g/mol. The second-order valence-corrected chi connectivity index (χ2v) is 1.14. The molecule has 0 aromatic heterocycles. The standard InChI is InChI=1S/C6H6O6/c1-3-5-7-9-11-12-10-8-6-4-2/h1-2H3. The molecule has 0 aliphatic rings. The molecule has 0 saturated heterocycles. The van der Waals surface area contributed by atoms with Crippen molar-refractivity contribution < 1.29 is 29.9 Å². The van der Waals surface area contributed by atoms with Gasteiger partial charge in [-0.05, 0) is 0 Å². The molecule has 0 radical (unpaired) electrons. The highest BCUT2D eigenvalue weighted by molar-refractivity contribution is 4.83. The molecule has 0 aromatic rings. The Labute approximate surface area is 68.9 Å². The highest BCUT2D eigenvalue weighted by atomic mass is 17.8. The molecule has 0 N–H and O–H groups in total. The van der Waals surface area contributed by atoms with Crippen molar-refractivity contribution in [2.75, 3.05) is 0 Å². The van der Waals surface area contributed by atoms with E-state index in [-0.39, 0.29) is 0 Å². The fraction of sp³-hybridized carbons (Fsp3) is 0.333. The van der Waals surface area contributed by atoms with Crippen LogP contribution in [0, 0.1) is 24.1 Å². The number of hydrogen-bond donors (Lipinski definition) is 0. The molecule has 6 nitrogen and oxygen atoms in total. The predicted molar refractivity (Wildman–Crippen MR) is 33.4 cm³/mol. The van der Waals surface area contributed by atoms with E-state index in [0.29, 0.717) is 0 Å². The largest absolute Gasteiger partial charge is 0.250 e. The molecule has 0 amide bonds. The number of hydrogen-bond acceptors (Lipinski definition) is 6. The van der Waals surface area contributed by atoms with Crippen LogP contribution >= 0.6 is 0 Å². The van der Waals surface area contributed by atoms with E-state index in [1.807, 2.05) is 12.2 Å². The van der Waals surface area contributed by atoms with Crippen molar-refractivity contribution in [1.29, 1.82) is 0 Å². The van der Waals surface area contributed by atoms with Crippen molar-refractivity contribution >= 4 is 0 Å². The first-order chi connectivity index (χ1) is 5.91. The summed E-state index contributed by atoms with van der Waals surface area (Å²) in [6.07, 6.45) is 4.10. The van der Waals surface area contributed by atoms with Crippen LogP contribution in [-0.2, 0) is 29.9 Å². The summed E-state index contributed by atoms with van der Waals surface area (Å²) >= 11 is 0. The normalized spacial score (nSPS) is 7.17. The Bertz CT molecular complexity index is 180. The van der Waals surface area contributed by atoms with Crippen molar-refractivity contribution in [3.8, 4) is 24.1 Å². The highest BCUT2D eigenvalue weighted by Gasteiger charge is 1.88. The van der Waals surface area contributed by atoms with Crippen molar-refractivity contribution in [1.82, 2.24) is 0 Å². The maximum atomic E-state index is 4.01. The van der Waals surface area contributed by atoms with Gasteiger partial charge in [-0.25, -0.2) is 0 Å². The van der Waals surface area contributed by atoms with Crippen molar-refractivity contribution in [3.63, 3.8) is 0 Å². The zero-order chi connectivity index (χ0) is 9.07. The quantitative estimate of drug-likeness (QED) is 0.263. The van der Waals surface area contributed by atoms with Crippen LogP contribution in [0.3, 0.4) is 0 Å². The van der Waals surface area contributed by atoms with Gasteiger partial charge in [0.2, 0.25) is 0 Å². The van der Waals surface area contributed by atoms with E-state index in [9.17, 15) is 0 Å². The van der Waals surface area contributed by atoms with Gasteiger partial charge in [0.1, 0.15) is 0 Å². The molecule has 0 rings (SSSR count). The molecule has 0 fully saturated rings. The molecule has 0 aliphatic carbocycles. The minimum atomic E-state index is 1.54. The molecule has 12 heavy (non-hydrogen) atoms. The van der Waals surface area contributed by atoms with Gasteiger partial charge < -0.3 is 0 Å². The van der Waals surface area contributed by atoms with Crippen LogP contribution in [0.1, 0.15) is 13.8 Å². The molecule has 0 aromatic carbocycles. The zero-order valence-corrected chi connectivity index (χ0v) is 6.45. The smallest absolute Gasteiger partial charge is 0.160 e. The molecule has 0 unspecified atom stereocenters. The lowest BCUT2D eigenvalue weighted by atomic mass is 10.8. The first-order valence-electron chi connectivity index (χ1n) is 2.74. The van der Waals surface area contributed by atoms with Crippen LogP contribution in [0.4, 0.5) is 0 Å². The van der Waals surface area contributed by atoms with Gasteiger partial charge in [0.15, 0.2) is 12.2 Å². The third-order valence-corrected chi connectivity index (χ3v) is 0.439. The molecule has 0 bridgehead atoms.